The molecular formula is C14H9Br2NS. The van der Waals surface area contributed by atoms with Crippen molar-refractivity contribution in [2.75, 3.05) is 0 Å². The molecule has 0 amide bonds. The molecule has 0 saturated heterocycles. The Morgan fingerprint density at radius 2 is 1.61 bits per heavy atom. The van der Waals surface area contributed by atoms with E-state index in [0.717, 1.165) is 14.5 Å². The Kier molecular flexibility index (Phi) is 3.50. The fraction of sp³-hybridized carbons (Fsp3) is 0. The lowest BCUT2D eigenvalue weighted by Gasteiger charge is -2.00. The van der Waals surface area contributed by atoms with Crippen LogP contribution in [0.1, 0.15) is 0 Å². The van der Waals surface area contributed by atoms with Crippen molar-refractivity contribution < 1.29 is 0 Å². The van der Waals surface area contributed by atoms with Crippen LogP contribution in [0.25, 0.3) is 10.9 Å². The van der Waals surface area contributed by atoms with Gasteiger partial charge in [-0.15, -0.1) is 0 Å². The summed E-state index contributed by atoms with van der Waals surface area (Å²) in [6.07, 6.45) is 2.06. The average molecular weight is 383 g/mol. The van der Waals surface area contributed by atoms with Gasteiger partial charge in [0.15, 0.2) is 0 Å². The molecule has 1 aromatic heterocycles. The molecule has 18 heavy (non-hydrogen) atoms. The summed E-state index contributed by atoms with van der Waals surface area (Å²) in [4.78, 5) is 5.79. The standard InChI is InChI=1S/C14H9Br2NS/c15-9-1-4-11(5-2-9)18-14-8-17-13-7-10(16)3-6-12(13)14/h1-8,17H. The minimum Gasteiger partial charge on any atom is -0.360 e. The van der Waals surface area contributed by atoms with E-state index in [1.807, 2.05) is 0 Å². The molecule has 3 aromatic rings. The number of hydrogen-bond acceptors (Lipinski definition) is 1. The molecule has 0 saturated carbocycles. The number of nitrogens with one attached hydrogen (secondary N) is 1. The van der Waals surface area contributed by atoms with E-state index in [2.05, 4.69) is 85.5 Å². The van der Waals surface area contributed by atoms with Gasteiger partial charge < -0.3 is 4.98 Å². The fourth-order valence-electron chi connectivity index (χ4n) is 1.79. The highest BCUT2D eigenvalue weighted by atomic mass is 79.9. The molecule has 0 aliphatic carbocycles. The van der Waals surface area contributed by atoms with Crippen LogP contribution in [0, 0.1) is 0 Å². The summed E-state index contributed by atoms with van der Waals surface area (Å²) in [6.45, 7) is 0. The van der Waals surface area contributed by atoms with Crippen LogP contribution >= 0.6 is 43.6 Å². The maximum absolute atomic E-state index is 3.48. The van der Waals surface area contributed by atoms with E-state index in [4.69, 9.17) is 0 Å². The van der Waals surface area contributed by atoms with Crippen LogP contribution in [0.2, 0.25) is 0 Å². The third-order valence-electron chi connectivity index (χ3n) is 2.65. The van der Waals surface area contributed by atoms with Crippen molar-refractivity contribution in [3.8, 4) is 0 Å². The van der Waals surface area contributed by atoms with Gasteiger partial charge in [0.2, 0.25) is 0 Å². The summed E-state index contributed by atoms with van der Waals surface area (Å²) in [5.74, 6) is 0. The SMILES string of the molecule is Brc1ccc(Sc2c[nH]c3cc(Br)ccc23)cc1. The van der Waals surface area contributed by atoms with Gasteiger partial charge in [-0.05, 0) is 36.4 Å². The zero-order valence-corrected chi connectivity index (χ0v) is 13.3. The van der Waals surface area contributed by atoms with E-state index in [1.165, 1.54) is 15.2 Å². The van der Waals surface area contributed by atoms with E-state index < -0.39 is 0 Å². The van der Waals surface area contributed by atoms with Gasteiger partial charge in [-0.3, -0.25) is 0 Å². The Bertz CT molecular complexity index is 689. The zero-order valence-electron chi connectivity index (χ0n) is 9.28. The number of aromatic amines is 1. The minimum atomic E-state index is 1.09. The number of hydrogen-bond donors (Lipinski definition) is 1. The number of H-pyrrole nitrogens is 1. The van der Waals surface area contributed by atoms with E-state index in [9.17, 15) is 0 Å². The maximum Gasteiger partial charge on any atom is 0.0477 e. The highest BCUT2D eigenvalue weighted by Gasteiger charge is 2.05. The number of fused-ring (bicyclic) bond motifs is 1. The Morgan fingerprint density at radius 1 is 0.889 bits per heavy atom. The zero-order chi connectivity index (χ0) is 12.5. The smallest absolute Gasteiger partial charge is 0.0477 e. The minimum absolute atomic E-state index is 1.09. The van der Waals surface area contributed by atoms with Crippen LogP contribution in [0.5, 0.6) is 0 Å². The van der Waals surface area contributed by atoms with Gasteiger partial charge in [0.1, 0.15) is 0 Å². The first-order chi connectivity index (χ1) is 8.72. The number of rotatable bonds is 2. The lowest BCUT2D eigenvalue weighted by Crippen LogP contribution is -1.72. The van der Waals surface area contributed by atoms with Gasteiger partial charge in [0, 0.05) is 35.8 Å². The molecule has 4 heteroatoms. The summed E-state index contributed by atoms with van der Waals surface area (Å²) in [5, 5.41) is 1.26. The molecule has 3 rings (SSSR count). The summed E-state index contributed by atoms with van der Waals surface area (Å²) in [5.41, 5.74) is 1.16. The highest BCUT2D eigenvalue weighted by molar-refractivity contribution is 9.10. The maximum atomic E-state index is 3.48. The summed E-state index contributed by atoms with van der Waals surface area (Å²) < 4.78 is 2.20. The topological polar surface area (TPSA) is 15.8 Å². The highest BCUT2D eigenvalue weighted by Crippen LogP contribution is 2.34. The second kappa shape index (κ2) is 5.11. The van der Waals surface area contributed by atoms with Gasteiger partial charge >= 0.3 is 0 Å². The van der Waals surface area contributed by atoms with Crippen molar-refractivity contribution in [3.63, 3.8) is 0 Å². The van der Waals surface area contributed by atoms with Crippen molar-refractivity contribution >= 4 is 54.5 Å². The molecule has 0 spiro atoms. The molecule has 90 valence electrons. The van der Waals surface area contributed by atoms with Crippen LogP contribution < -0.4 is 0 Å². The third kappa shape index (κ3) is 2.51. The Labute approximate surface area is 126 Å². The number of benzene rings is 2. The first-order valence-corrected chi connectivity index (χ1v) is 7.83. The van der Waals surface area contributed by atoms with Gasteiger partial charge in [-0.2, -0.15) is 0 Å². The van der Waals surface area contributed by atoms with Gasteiger partial charge in [0.25, 0.3) is 0 Å². The third-order valence-corrected chi connectivity index (χ3v) is 4.73. The van der Waals surface area contributed by atoms with E-state index in [1.54, 1.807) is 11.8 Å². The molecular weight excluding hydrogens is 374 g/mol. The van der Waals surface area contributed by atoms with Crippen molar-refractivity contribution in [1.82, 2.24) is 4.98 Å². The van der Waals surface area contributed by atoms with Crippen LogP contribution in [0.4, 0.5) is 0 Å². The van der Waals surface area contributed by atoms with Crippen LogP contribution in [0.15, 0.2) is 67.4 Å². The summed E-state index contributed by atoms with van der Waals surface area (Å²) in [7, 11) is 0. The van der Waals surface area contributed by atoms with Gasteiger partial charge in [0.05, 0.1) is 0 Å². The largest absolute Gasteiger partial charge is 0.360 e. The van der Waals surface area contributed by atoms with Crippen molar-refractivity contribution in [1.29, 1.82) is 0 Å². The van der Waals surface area contributed by atoms with Crippen molar-refractivity contribution in [2.24, 2.45) is 0 Å². The monoisotopic (exact) mass is 381 g/mol. The Morgan fingerprint density at radius 3 is 2.39 bits per heavy atom. The van der Waals surface area contributed by atoms with Crippen LogP contribution in [-0.4, -0.2) is 4.98 Å². The van der Waals surface area contributed by atoms with Crippen molar-refractivity contribution in [3.05, 3.63) is 57.6 Å². The molecule has 0 unspecified atom stereocenters. The Hall–Kier alpha value is -0.710. The first kappa shape index (κ1) is 12.3. The van der Waals surface area contributed by atoms with E-state index >= 15 is 0 Å². The quantitative estimate of drug-likeness (QED) is 0.588. The molecule has 0 radical (unpaired) electrons. The van der Waals surface area contributed by atoms with E-state index in [0.29, 0.717) is 0 Å². The molecule has 2 aromatic carbocycles. The predicted molar refractivity (Wildman–Crippen MR) is 84.3 cm³/mol. The predicted octanol–water partition coefficient (Wildman–Crippen LogP) is 5.84. The molecule has 0 atom stereocenters. The first-order valence-electron chi connectivity index (χ1n) is 5.42. The van der Waals surface area contributed by atoms with E-state index in [-0.39, 0.29) is 0 Å². The van der Waals surface area contributed by atoms with Crippen molar-refractivity contribution in [2.45, 2.75) is 9.79 Å². The molecule has 1 heterocycles. The summed E-state index contributed by atoms with van der Waals surface area (Å²) >= 11 is 8.71. The molecule has 0 fully saturated rings. The number of halogens is 2. The van der Waals surface area contributed by atoms with Crippen LogP contribution in [-0.2, 0) is 0 Å². The lowest BCUT2D eigenvalue weighted by molar-refractivity contribution is 1.39. The molecule has 1 N–H and O–H groups in total. The summed E-state index contributed by atoms with van der Waals surface area (Å²) in [6, 6.07) is 14.7. The molecule has 0 aliphatic heterocycles. The van der Waals surface area contributed by atoms with Crippen LogP contribution in [0.3, 0.4) is 0 Å². The number of aromatic nitrogens is 1. The van der Waals surface area contributed by atoms with Gasteiger partial charge in [-0.25, -0.2) is 0 Å². The average Bonchev–Trinajstić information content (AvgIpc) is 2.74. The second-order valence-electron chi connectivity index (χ2n) is 3.90. The fourth-order valence-corrected chi connectivity index (χ4v) is 3.34. The molecule has 0 aliphatic rings. The second-order valence-corrected chi connectivity index (χ2v) is 6.85. The molecule has 1 nitrogen and oxygen atoms in total. The van der Waals surface area contributed by atoms with Gasteiger partial charge in [-0.1, -0.05) is 49.7 Å². The lowest BCUT2D eigenvalue weighted by atomic mass is 10.2. The normalized spacial score (nSPS) is 11.0. The Balaban J connectivity index is 1.97. The molecule has 0 bridgehead atoms.